The van der Waals surface area contributed by atoms with Gasteiger partial charge >= 0.3 is 6.03 Å². The topological polar surface area (TPSA) is 69.1 Å². The molecule has 0 bridgehead atoms. The number of aliphatic imine (C=N–C) groups is 1. The number of nitrogens with zero attached hydrogens (tertiary/aromatic N) is 5. The Morgan fingerprint density at radius 3 is 2.79 bits per heavy atom. The summed E-state index contributed by atoms with van der Waals surface area (Å²) in [5, 5.41) is 0.856. The molecule has 3 amide bonds. The number of hydrogen-bond donors (Lipinski definition) is 0. The largest absolute Gasteiger partial charge is 0.333 e. The monoisotopic (exact) mass is 439 g/mol. The van der Waals surface area contributed by atoms with Gasteiger partial charge in [0, 0.05) is 12.4 Å². The third-order valence-electron chi connectivity index (χ3n) is 5.26. The molecule has 1 aromatic carbocycles. The number of carbonyl (C=O) groups excluding carboxylic acids is 2. The molecule has 1 fully saturated rings. The molecular formula is C20H18BrN5O2. The predicted molar refractivity (Wildman–Crippen MR) is 111 cm³/mol. The maximum atomic E-state index is 13.5. The molecule has 7 nitrogen and oxygen atoms in total. The summed E-state index contributed by atoms with van der Waals surface area (Å²) in [6.07, 6.45) is 1.55. The van der Waals surface area contributed by atoms with Crippen molar-refractivity contribution in [2.24, 2.45) is 4.99 Å². The lowest BCUT2D eigenvalue weighted by molar-refractivity contribution is -0.126. The lowest BCUT2D eigenvalue weighted by atomic mass is 9.96. The molecule has 2 aliphatic heterocycles. The van der Waals surface area contributed by atoms with Crippen molar-refractivity contribution < 1.29 is 9.59 Å². The maximum Gasteiger partial charge on any atom is 0.333 e. The Morgan fingerprint density at radius 1 is 1.29 bits per heavy atom. The molecule has 0 aliphatic carbocycles. The van der Waals surface area contributed by atoms with Gasteiger partial charge in [-0.3, -0.25) is 14.7 Å². The summed E-state index contributed by atoms with van der Waals surface area (Å²) in [5.41, 5.74) is 0.226. The van der Waals surface area contributed by atoms with Crippen molar-refractivity contribution in [1.82, 2.24) is 14.8 Å². The van der Waals surface area contributed by atoms with Gasteiger partial charge in [0.15, 0.2) is 16.4 Å². The average Bonchev–Trinajstić information content (AvgIpc) is 2.95. The van der Waals surface area contributed by atoms with E-state index < -0.39 is 17.7 Å². The number of urea groups is 1. The second kappa shape index (κ2) is 6.60. The molecule has 8 heteroatoms. The fraction of sp³-hybridized carbons (Fsp3) is 0.300. The lowest BCUT2D eigenvalue weighted by Crippen LogP contribution is -2.70. The van der Waals surface area contributed by atoms with Crippen LogP contribution in [0.2, 0.25) is 0 Å². The molecule has 2 unspecified atom stereocenters. The van der Waals surface area contributed by atoms with Gasteiger partial charge in [-0.15, -0.1) is 5.92 Å². The van der Waals surface area contributed by atoms with Gasteiger partial charge < -0.3 is 4.90 Å². The Morgan fingerprint density at radius 2 is 2.04 bits per heavy atom. The van der Waals surface area contributed by atoms with E-state index in [1.54, 1.807) is 38.1 Å². The number of hydrogen-bond acceptors (Lipinski definition) is 5. The Bertz CT molecular complexity index is 1090. The number of amides is 3. The van der Waals surface area contributed by atoms with Crippen molar-refractivity contribution in [2.45, 2.75) is 25.6 Å². The highest BCUT2D eigenvalue weighted by Crippen LogP contribution is 2.39. The molecule has 0 spiro atoms. The summed E-state index contributed by atoms with van der Waals surface area (Å²) in [6.45, 7) is 3.86. The van der Waals surface area contributed by atoms with Crippen molar-refractivity contribution in [1.29, 1.82) is 0 Å². The second-order valence-corrected chi connectivity index (χ2v) is 7.54. The molecule has 2 aliphatic rings. The standard InChI is InChI=1S/C20H18BrN5O2/c1-4-5-10-25-16-17(27)26(19(28)24(3)20(16,2)23-18(25)21)14-11-13-8-6-7-9-15(13)22-12-14/h6-9,11-12,16H,10H2,1-3H3. The number of imide groups is 1. The quantitative estimate of drug-likeness (QED) is 0.532. The molecule has 2 atom stereocenters. The van der Waals surface area contributed by atoms with E-state index in [2.05, 4.69) is 37.7 Å². The minimum Gasteiger partial charge on any atom is -0.324 e. The molecule has 0 radical (unpaired) electrons. The first-order chi connectivity index (χ1) is 13.4. The van der Waals surface area contributed by atoms with Crippen LogP contribution >= 0.6 is 15.9 Å². The Balaban J connectivity index is 1.80. The van der Waals surface area contributed by atoms with Crippen LogP contribution in [0.1, 0.15) is 13.8 Å². The molecule has 1 saturated heterocycles. The first-order valence-corrected chi connectivity index (χ1v) is 9.56. The van der Waals surface area contributed by atoms with Crippen molar-refractivity contribution in [3.05, 3.63) is 36.5 Å². The van der Waals surface area contributed by atoms with Gasteiger partial charge in [0.1, 0.15) is 0 Å². The van der Waals surface area contributed by atoms with Crippen LogP contribution in [0.15, 0.2) is 41.5 Å². The van der Waals surface area contributed by atoms with Crippen LogP contribution in [0, 0.1) is 11.8 Å². The van der Waals surface area contributed by atoms with E-state index in [0.29, 0.717) is 17.0 Å². The molecule has 28 heavy (non-hydrogen) atoms. The number of benzene rings is 1. The number of anilines is 1. The van der Waals surface area contributed by atoms with E-state index in [0.717, 1.165) is 10.9 Å². The van der Waals surface area contributed by atoms with Gasteiger partial charge in [-0.05, 0) is 41.9 Å². The highest BCUT2D eigenvalue weighted by molar-refractivity contribution is 9.18. The van der Waals surface area contributed by atoms with Crippen molar-refractivity contribution in [2.75, 3.05) is 18.5 Å². The smallest absolute Gasteiger partial charge is 0.324 e. The van der Waals surface area contributed by atoms with Crippen LogP contribution < -0.4 is 4.90 Å². The number of aromatic nitrogens is 1. The van der Waals surface area contributed by atoms with Gasteiger partial charge in [0.2, 0.25) is 0 Å². The normalized spacial score (nSPS) is 24.2. The SMILES string of the molecule is CC#CCN1C(Br)=NC2(C)C1C(=O)N(c1cnc3ccccc3c1)C(=O)N2C. The average molecular weight is 440 g/mol. The van der Waals surface area contributed by atoms with E-state index >= 15 is 0 Å². The van der Waals surface area contributed by atoms with Crippen molar-refractivity contribution >= 4 is 49.2 Å². The number of likely N-dealkylation sites (N-methyl/N-ethyl adjacent to an activating group) is 1. The first-order valence-electron chi connectivity index (χ1n) is 8.76. The summed E-state index contributed by atoms with van der Waals surface area (Å²) >= 11 is 3.43. The van der Waals surface area contributed by atoms with E-state index in [9.17, 15) is 9.59 Å². The number of fused-ring (bicyclic) bond motifs is 2. The van der Waals surface area contributed by atoms with Gasteiger partial charge in [0.05, 0.1) is 23.9 Å². The highest BCUT2D eigenvalue weighted by Gasteiger charge is 2.59. The van der Waals surface area contributed by atoms with Crippen LogP contribution in [0.5, 0.6) is 0 Å². The van der Waals surface area contributed by atoms with Gasteiger partial charge in [-0.1, -0.05) is 24.1 Å². The third kappa shape index (κ3) is 2.58. The van der Waals surface area contributed by atoms with Gasteiger partial charge in [-0.25, -0.2) is 14.7 Å². The fourth-order valence-corrected chi connectivity index (χ4v) is 4.33. The summed E-state index contributed by atoms with van der Waals surface area (Å²) < 4.78 is 0.509. The number of carbonyl (C=O) groups is 2. The molecular weight excluding hydrogens is 422 g/mol. The third-order valence-corrected chi connectivity index (χ3v) is 5.89. The Hall–Kier alpha value is -2.92. The summed E-state index contributed by atoms with van der Waals surface area (Å²) in [6, 6.07) is 8.25. The van der Waals surface area contributed by atoms with E-state index in [1.807, 2.05) is 24.3 Å². The second-order valence-electron chi connectivity index (χ2n) is 6.83. The molecule has 0 saturated carbocycles. The predicted octanol–water partition coefficient (Wildman–Crippen LogP) is 2.81. The summed E-state index contributed by atoms with van der Waals surface area (Å²) in [5.74, 6) is 5.46. The Labute approximate surface area is 171 Å². The highest BCUT2D eigenvalue weighted by atomic mass is 79.9. The van der Waals surface area contributed by atoms with Crippen LogP contribution in [0.3, 0.4) is 0 Å². The number of amidine groups is 1. The number of halogens is 1. The van der Waals surface area contributed by atoms with E-state index in [-0.39, 0.29) is 5.91 Å². The van der Waals surface area contributed by atoms with Gasteiger partial charge in [0.25, 0.3) is 5.91 Å². The van der Waals surface area contributed by atoms with E-state index in [4.69, 9.17) is 0 Å². The maximum absolute atomic E-state index is 13.5. The summed E-state index contributed by atoms with van der Waals surface area (Å²) in [7, 11) is 1.65. The Kier molecular flexibility index (Phi) is 4.35. The molecule has 1 aromatic heterocycles. The van der Waals surface area contributed by atoms with Crippen LogP contribution in [-0.4, -0.2) is 56.8 Å². The zero-order chi connectivity index (χ0) is 20.1. The molecule has 3 heterocycles. The van der Waals surface area contributed by atoms with E-state index in [1.165, 1.54) is 9.80 Å². The number of rotatable bonds is 2. The zero-order valence-corrected chi connectivity index (χ0v) is 17.3. The van der Waals surface area contributed by atoms with Crippen LogP contribution in [-0.2, 0) is 4.79 Å². The summed E-state index contributed by atoms with van der Waals surface area (Å²) in [4.78, 5) is 40.0. The number of pyridine rings is 1. The molecule has 4 rings (SSSR count). The van der Waals surface area contributed by atoms with Crippen LogP contribution in [0.25, 0.3) is 10.9 Å². The fourth-order valence-electron chi connectivity index (χ4n) is 3.64. The first kappa shape index (κ1) is 18.4. The van der Waals surface area contributed by atoms with Crippen molar-refractivity contribution in [3.63, 3.8) is 0 Å². The van der Waals surface area contributed by atoms with Crippen molar-refractivity contribution in [3.8, 4) is 11.8 Å². The molecule has 0 N–H and O–H groups in total. The minimum absolute atomic E-state index is 0.332. The number of para-hydroxylation sites is 1. The lowest BCUT2D eigenvalue weighted by Gasteiger charge is -2.46. The van der Waals surface area contributed by atoms with Crippen LogP contribution in [0.4, 0.5) is 10.5 Å². The van der Waals surface area contributed by atoms with Gasteiger partial charge in [-0.2, -0.15) is 0 Å². The zero-order valence-electron chi connectivity index (χ0n) is 15.7. The molecule has 2 aromatic rings. The molecule has 142 valence electrons. The minimum atomic E-state index is -1.01.